The highest BCUT2D eigenvalue weighted by atomic mass is 35.5. The lowest BCUT2D eigenvalue weighted by Crippen LogP contribution is -3.00. The largest absolute Gasteiger partial charge is 1.00 e. The molecule has 0 aromatic heterocycles. The number of nitrogens with two attached hydrogens (primary N) is 1. The van der Waals surface area contributed by atoms with E-state index in [0.29, 0.717) is 6.54 Å². The molecule has 2 N–H and O–H groups in total. The molecule has 0 saturated heterocycles. The average Bonchev–Trinajstić information content (AvgIpc) is 2.99. The number of carbonyl (C=O) groups is 2. The van der Waals surface area contributed by atoms with Crippen LogP contribution in [0, 0.1) is 0 Å². The van der Waals surface area contributed by atoms with Crippen LogP contribution in [0.3, 0.4) is 0 Å². The molecular formula is C20H24ClN3O2. The van der Waals surface area contributed by atoms with Gasteiger partial charge in [0.1, 0.15) is 0 Å². The molecule has 0 aliphatic carbocycles. The van der Waals surface area contributed by atoms with Gasteiger partial charge in [-0.15, -0.1) is 0 Å². The Hall–Kier alpha value is -2.37. The molecule has 1 unspecified atom stereocenters. The summed E-state index contributed by atoms with van der Waals surface area (Å²) < 4.78 is 0.191. The van der Waals surface area contributed by atoms with Crippen molar-refractivity contribution >= 4 is 17.5 Å². The van der Waals surface area contributed by atoms with Crippen LogP contribution >= 0.6 is 0 Å². The number of para-hydroxylation sites is 1. The molecule has 1 atom stereocenters. The van der Waals surface area contributed by atoms with Gasteiger partial charge >= 0.3 is 0 Å². The zero-order valence-electron chi connectivity index (χ0n) is 15.1. The molecule has 6 heteroatoms. The number of rotatable bonds is 5. The van der Waals surface area contributed by atoms with Crippen molar-refractivity contribution in [3.8, 4) is 0 Å². The van der Waals surface area contributed by atoms with E-state index in [2.05, 4.69) is 6.07 Å². The van der Waals surface area contributed by atoms with Crippen molar-refractivity contribution in [3.63, 3.8) is 0 Å². The number of benzene rings is 2. The summed E-state index contributed by atoms with van der Waals surface area (Å²) in [7, 11) is 3.75. The second-order valence-electron chi connectivity index (χ2n) is 7.08. The Kier molecular flexibility index (Phi) is 6.05. The summed E-state index contributed by atoms with van der Waals surface area (Å²) in [6.07, 6.45) is 0.868. The molecule has 0 bridgehead atoms. The fourth-order valence-corrected chi connectivity index (χ4v) is 3.67. The van der Waals surface area contributed by atoms with Crippen LogP contribution in [0.15, 0.2) is 54.6 Å². The van der Waals surface area contributed by atoms with Gasteiger partial charge in [0.25, 0.3) is 11.8 Å². The predicted octanol–water partition coefficient (Wildman–Crippen LogP) is -1.12. The molecule has 0 radical (unpaired) electrons. The van der Waals surface area contributed by atoms with Crippen molar-refractivity contribution in [2.45, 2.75) is 12.5 Å². The fourth-order valence-electron chi connectivity index (χ4n) is 3.67. The average molecular weight is 374 g/mol. The van der Waals surface area contributed by atoms with E-state index < -0.39 is 11.9 Å². The van der Waals surface area contributed by atoms with Crippen molar-refractivity contribution in [1.82, 2.24) is 0 Å². The number of nitrogens with zero attached hydrogens (tertiary/aromatic N) is 2. The third-order valence-electron chi connectivity index (χ3n) is 4.81. The molecule has 5 nitrogen and oxygen atoms in total. The molecule has 0 spiro atoms. The summed E-state index contributed by atoms with van der Waals surface area (Å²) in [5.41, 5.74) is 8.67. The second-order valence-corrected chi connectivity index (χ2v) is 7.08. The summed E-state index contributed by atoms with van der Waals surface area (Å²) in [5.74, 6) is -0.414. The van der Waals surface area contributed by atoms with Gasteiger partial charge in [-0.2, -0.15) is 0 Å². The van der Waals surface area contributed by atoms with Crippen LogP contribution in [-0.2, 0) is 16.0 Å². The highest BCUT2D eigenvalue weighted by Crippen LogP contribution is 2.29. The molecular weight excluding hydrogens is 350 g/mol. The SMILES string of the molecule is C[N+](C)(CC(=O)N1CCc2ccccc21)C(C(N)=O)c1ccccc1.[Cl-]. The zero-order chi connectivity index (χ0) is 18.0. The van der Waals surface area contributed by atoms with E-state index >= 15 is 0 Å². The maximum absolute atomic E-state index is 12.9. The summed E-state index contributed by atoms with van der Waals surface area (Å²) in [6.45, 7) is 0.890. The van der Waals surface area contributed by atoms with Crippen molar-refractivity contribution in [2.75, 3.05) is 32.1 Å². The molecule has 1 heterocycles. The Bertz CT molecular complexity index is 793. The summed E-state index contributed by atoms with van der Waals surface area (Å²) in [5, 5.41) is 0. The van der Waals surface area contributed by atoms with Crippen LogP contribution in [0.25, 0.3) is 0 Å². The zero-order valence-corrected chi connectivity index (χ0v) is 15.8. The van der Waals surface area contributed by atoms with Crippen LogP contribution < -0.4 is 23.0 Å². The highest BCUT2D eigenvalue weighted by molar-refractivity contribution is 5.96. The molecule has 2 aromatic carbocycles. The van der Waals surface area contributed by atoms with Gasteiger partial charge in [0.2, 0.25) is 0 Å². The molecule has 1 aliphatic rings. The van der Waals surface area contributed by atoms with Gasteiger partial charge in [-0.1, -0.05) is 48.5 Å². The first-order valence-electron chi connectivity index (χ1n) is 8.45. The van der Waals surface area contributed by atoms with E-state index in [1.54, 1.807) is 0 Å². The smallest absolute Gasteiger partial charge is 0.282 e. The number of anilines is 1. The molecule has 3 rings (SSSR count). The number of carbonyl (C=O) groups excluding carboxylic acids is 2. The van der Waals surface area contributed by atoms with E-state index in [-0.39, 0.29) is 29.3 Å². The lowest BCUT2D eigenvalue weighted by Gasteiger charge is -2.36. The first-order chi connectivity index (χ1) is 11.9. The van der Waals surface area contributed by atoms with Crippen LogP contribution in [0.1, 0.15) is 17.2 Å². The second kappa shape index (κ2) is 7.89. The maximum Gasteiger partial charge on any atom is 0.282 e. The standard InChI is InChI=1S/C20H23N3O2.ClH/c1-23(2,19(20(21)25)16-9-4-3-5-10-16)14-18(24)22-13-12-15-8-6-7-11-17(15)22;/h3-11,19H,12-14H2,1-2H3,(H-,21,25);1H. The third-order valence-corrected chi connectivity index (χ3v) is 4.81. The number of quaternary nitrogens is 1. The van der Waals surface area contributed by atoms with Crippen LogP contribution in [0.5, 0.6) is 0 Å². The quantitative estimate of drug-likeness (QED) is 0.675. The van der Waals surface area contributed by atoms with E-state index in [0.717, 1.165) is 17.7 Å². The number of fused-ring (bicyclic) bond motifs is 1. The molecule has 0 fully saturated rings. The molecule has 2 aromatic rings. The van der Waals surface area contributed by atoms with Gasteiger partial charge in [0.15, 0.2) is 12.6 Å². The lowest BCUT2D eigenvalue weighted by molar-refractivity contribution is -0.903. The van der Waals surface area contributed by atoms with Crippen molar-refractivity contribution < 1.29 is 26.5 Å². The van der Waals surface area contributed by atoms with Crippen molar-refractivity contribution in [1.29, 1.82) is 0 Å². The van der Waals surface area contributed by atoms with Crippen molar-refractivity contribution in [2.24, 2.45) is 5.73 Å². The molecule has 26 heavy (non-hydrogen) atoms. The Morgan fingerprint density at radius 3 is 2.35 bits per heavy atom. The maximum atomic E-state index is 12.9. The summed E-state index contributed by atoms with van der Waals surface area (Å²) in [4.78, 5) is 26.9. The molecule has 2 amide bonds. The van der Waals surface area contributed by atoms with E-state index in [1.165, 1.54) is 5.56 Å². The number of hydrogen-bond acceptors (Lipinski definition) is 2. The minimum atomic E-state index is -0.567. The Morgan fingerprint density at radius 2 is 1.69 bits per heavy atom. The van der Waals surface area contributed by atoms with Gasteiger partial charge in [0, 0.05) is 17.8 Å². The Balaban J connectivity index is 0.00000243. The number of primary amides is 1. The monoisotopic (exact) mass is 373 g/mol. The van der Waals surface area contributed by atoms with Gasteiger partial charge in [0.05, 0.1) is 14.1 Å². The number of likely N-dealkylation sites (N-methyl/N-ethyl adjacent to an activating group) is 1. The molecule has 138 valence electrons. The minimum Gasteiger partial charge on any atom is -1.00 e. The van der Waals surface area contributed by atoms with E-state index in [1.807, 2.05) is 67.5 Å². The fraction of sp³-hybridized carbons (Fsp3) is 0.300. The minimum absolute atomic E-state index is 0. The van der Waals surface area contributed by atoms with Gasteiger partial charge in [-0.3, -0.25) is 9.59 Å². The van der Waals surface area contributed by atoms with E-state index in [4.69, 9.17) is 5.73 Å². The molecule has 1 aliphatic heterocycles. The van der Waals surface area contributed by atoms with Crippen LogP contribution in [0.4, 0.5) is 5.69 Å². The first kappa shape index (κ1) is 19.9. The predicted molar refractivity (Wildman–Crippen MR) is 97.9 cm³/mol. The number of hydrogen-bond donors (Lipinski definition) is 1. The topological polar surface area (TPSA) is 63.4 Å². The summed E-state index contributed by atoms with van der Waals surface area (Å²) >= 11 is 0. The highest BCUT2D eigenvalue weighted by Gasteiger charge is 2.38. The van der Waals surface area contributed by atoms with Gasteiger partial charge < -0.3 is 27.5 Å². The molecule has 0 saturated carbocycles. The van der Waals surface area contributed by atoms with Crippen LogP contribution in [-0.4, -0.2) is 43.5 Å². The van der Waals surface area contributed by atoms with Crippen molar-refractivity contribution in [3.05, 3.63) is 65.7 Å². The first-order valence-corrected chi connectivity index (χ1v) is 8.45. The number of halogens is 1. The third kappa shape index (κ3) is 3.89. The summed E-state index contributed by atoms with van der Waals surface area (Å²) in [6, 6.07) is 16.8. The van der Waals surface area contributed by atoms with E-state index in [9.17, 15) is 9.59 Å². The normalized spacial score (nSPS) is 14.3. The van der Waals surface area contributed by atoms with Crippen LogP contribution in [0.2, 0.25) is 0 Å². The van der Waals surface area contributed by atoms with Gasteiger partial charge in [-0.25, -0.2) is 0 Å². The van der Waals surface area contributed by atoms with Gasteiger partial charge in [-0.05, 0) is 18.1 Å². The Morgan fingerprint density at radius 1 is 1.08 bits per heavy atom. The lowest BCUT2D eigenvalue weighted by atomic mass is 10.0. The Labute approximate surface area is 160 Å². The number of amides is 2.